The van der Waals surface area contributed by atoms with E-state index < -0.39 is 81.8 Å². The molecular weight excluding hydrogens is 1020 g/mol. The topological polar surface area (TPSA) is 307 Å². The van der Waals surface area contributed by atoms with E-state index in [4.69, 9.17) is 18.6 Å². The minimum atomic E-state index is -4.88. The van der Waals surface area contributed by atoms with Crippen LogP contribution in [0.3, 0.4) is 0 Å². The Kier molecular flexibility index (Phi) is 14.8. The number of aromatic hydroxyl groups is 2. The number of nitrogens with zero attached hydrogens (tertiary/aromatic N) is 4. The van der Waals surface area contributed by atoms with Crippen LogP contribution >= 0.6 is 46.8 Å². The normalized spacial score (nSPS) is 13.1. The maximum absolute atomic E-state index is 12.8. The van der Waals surface area contributed by atoms with E-state index in [1.165, 1.54) is 27.2 Å². The molecule has 292 valence electrons. The summed E-state index contributed by atoms with van der Waals surface area (Å²) in [4.78, 5) is 12.5. The average Bonchev–Trinajstić information content (AvgIpc) is 3.02. The summed E-state index contributed by atoms with van der Waals surface area (Å²) in [5, 5.41) is 47.3. The first-order valence-electron chi connectivity index (χ1n) is 14.1. The number of carboxylic acid groups (broad SMARTS) is 1. The number of hydrogen-bond acceptors (Lipinski definition) is 17. The molecule has 0 atom stereocenters. The van der Waals surface area contributed by atoms with Crippen LogP contribution < -0.4 is 9.47 Å². The number of ether oxygens (including phenoxy) is 2. The number of aromatic carboxylic acids is 1. The van der Waals surface area contributed by atoms with Crippen LogP contribution in [0.1, 0.15) is 21.5 Å². The highest BCUT2D eigenvalue weighted by Gasteiger charge is 2.26. The predicted octanol–water partition coefficient (Wildman–Crippen LogP) is 6.54. The van der Waals surface area contributed by atoms with Crippen molar-refractivity contribution >= 4 is 106 Å². The second kappa shape index (κ2) is 17.7. The van der Waals surface area contributed by atoms with E-state index in [9.17, 15) is 45.4 Å². The van der Waals surface area contributed by atoms with E-state index in [1.807, 2.05) is 0 Å². The highest BCUT2D eigenvalue weighted by atomic mass is 127. The number of carbonyl (C=O) groups is 1. The zero-order chi connectivity index (χ0) is 40.1. The molecule has 5 N–H and O–H groups in total. The zero-order valence-corrected chi connectivity index (χ0v) is 35.2. The lowest BCUT2D eigenvalue weighted by molar-refractivity contribution is 0.0696. The number of carboxylic acids is 1. The number of hydrogen-bond donors (Lipinski definition) is 5. The third-order valence-electron chi connectivity index (χ3n) is 6.74. The van der Waals surface area contributed by atoms with Gasteiger partial charge in [-0.1, -0.05) is 0 Å². The molecule has 3 aromatic rings. The van der Waals surface area contributed by atoms with E-state index in [-0.39, 0.29) is 45.7 Å². The maximum Gasteiger partial charge on any atom is 0.397 e. The molecule has 20 nitrogen and oxygen atoms in total. The fourth-order valence-electron chi connectivity index (χ4n) is 4.37. The molecule has 0 aliphatic heterocycles. The molecule has 3 rings (SSSR count). The second-order valence-electron chi connectivity index (χ2n) is 10.4. The number of methoxy groups -OCH3 is 2. The van der Waals surface area contributed by atoms with Crippen LogP contribution in [-0.2, 0) is 39.0 Å². The SMILES string of the molecule is COc1cc(S(I)(I)CCOS(=O)(=O)O)c(C)cc1N=Nc1c(O)cc(C(=O)O)c(N=Nc2cc(C)c(S(=O)(=O)CCOS(=O)(=O)O)cc2OC)c1O. The lowest BCUT2D eigenvalue weighted by Gasteiger charge is -2.28. The first kappa shape index (κ1) is 44.4. The average molecular weight is 1050 g/mol. The van der Waals surface area contributed by atoms with Gasteiger partial charge in [0.15, 0.2) is 21.3 Å². The summed E-state index contributed by atoms with van der Waals surface area (Å²) in [5.41, 5.74) is -1.22. The van der Waals surface area contributed by atoms with Gasteiger partial charge >= 0.3 is 26.8 Å². The Hall–Kier alpha value is -2.97. The van der Waals surface area contributed by atoms with E-state index >= 15 is 0 Å². The van der Waals surface area contributed by atoms with Crippen molar-refractivity contribution < 1.29 is 72.3 Å². The van der Waals surface area contributed by atoms with E-state index in [0.717, 1.165) is 17.0 Å². The lowest BCUT2D eigenvalue weighted by atomic mass is 10.1. The van der Waals surface area contributed by atoms with Crippen LogP contribution in [0.2, 0.25) is 0 Å². The third kappa shape index (κ3) is 12.0. The molecule has 0 saturated carbocycles. The van der Waals surface area contributed by atoms with Gasteiger partial charge in [-0.2, -0.15) is 16.8 Å². The first-order chi connectivity index (χ1) is 24.4. The lowest BCUT2D eigenvalue weighted by Crippen LogP contribution is -2.16. The molecule has 0 heterocycles. The highest BCUT2D eigenvalue weighted by molar-refractivity contribution is 14.3. The van der Waals surface area contributed by atoms with Gasteiger partial charge in [-0.05, 0) is 91.7 Å². The minimum absolute atomic E-state index is 0.0835. The number of sulfone groups is 1. The van der Waals surface area contributed by atoms with Crippen LogP contribution in [0.4, 0.5) is 22.7 Å². The quantitative estimate of drug-likeness (QED) is 0.0545. The van der Waals surface area contributed by atoms with E-state index in [2.05, 4.69) is 71.2 Å². The number of azo groups is 2. The molecule has 0 radical (unpaired) electrons. The smallest absolute Gasteiger partial charge is 0.397 e. The van der Waals surface area contributed by atoms with Gasteiger partial charge in [-0.25, -0.2) is 21.6 Å². The van der Waals surface area contributed by atoms with Crippen LogP contribution in [0.5, 0.6) is 23.0 Å². The number of halogens is 2. The first-order valence-corrected chi connectivity index (χ1v) is 25.4. The molecule has 3 aromatic carbocycles. The molecule has 0 aromatic heterocycles. The third-order valence-corrected chi connectivity index (χ3v) is 16.7. The standard InChI is InChI=1S/C27H30I2N4O16S4/c1-14-9-17(20(46-3)12-22(14)50(28,29)7-5-48-52(40,41)42)31-33-25-19(34)11-16(27(36)37)24(26(25)35)32-30-18-10-15(2)23(13-21(18)47-4)51(38,39)8-6-49-53(43,44)45/h9-13,34-35H,5-8H2,1-4H3,(H,36,37)(H,40,41,42)(H,43,44,45). The Labute approximate surface area is 328 Å². The van der Waals surface area contributed by atoms with Crippen molar-refractivity contribution in [2.45, 2.75) is 23.6 Å². The van der Waals surface area contributed by atoms with Gasteiger partial charge in [0.1, 0.15) is 34.3 Å². The number of benzene rings is 3. The van der Waals surface area contributed by atoms with Crippen molar-refractivity contribution in [2.24, 2.45) is 20.5 Å². The minimum Gasteiger partial charge on any atom is -0.505 e. The van der Waals surface area contributed by atoms with Crippen molar-refractivity contribution in [1.29, 1.82) is 0 Å². The van der Waals surface area contributed by atoms with Gasteiger partial charge in [-0.15, -0.1) is 24.8 Å². The molecule has 0 amide bonds. The maximum atomic E-state index is 12.8. The fourth-order valence-corrected chi connectivity index (χ4v) is 11.8. The van der Waals surface area contributed by atoms with Gasteiger partial charge in [-0.3, -0.25) is 9.11 Å². The van der Waals surface area contributed by atoms with Gasteiger partial charge in [0.25, 0.3) is 0 Å². The van der Waals surface area contributed by atoms with E-state index in [1.54, 1.807) is 19.1 Å². The Morgan fingerprint density at radius 3 is 1.62 bits per heavy atom. The van der Waals surface area contributed by atoms with Gasteiger partial charge < -0.3 is 24.8 Å². The molecule has 0 bridgehead atoms. The summed E-state index contributed by atoms with van der Waals surface area (Å²) in [7, 11) is -11.2. The summed E-state index contributed by atoms with van der Waals surface area (Å²) >= 11 is 4.30. The van der Waals surface area contributed by atoms with Gasteiger partial charge in [0.2, 0.25) is 0 Å². The highest BCUT2D eigenvalue weighted by Crippen LogP contribution is 2.71. The monoisotopic (exact) mass is 1050 g/mol. The van der Waals surface area contributed by atoms with Crippen molar-refractivity contribution in [3.8, 4) is 23.0 Å². The number of phenolic OH excluding ortho intramolecular Hbond substituents is 2. The number of rotatable bonds is 17. The molecule has 0 unspecified atom stereocenters. The van der Waals surface area contributed by atoms with Gasteiger partial charge in [0.05, 0.1) is 43.6 Å². The van der Waals surface area contributed by atoms with Crippen molar-refractivity contribution in [2.75, 3.05) is 38.9 Å². The molecule has 0 saturated heterocycles. The Morgan fingerprint density at radius 1 is 0.698 bits per heavy atom. The second-order valence-corrected chi connectivity index (χ2v) is 30.7. The molecule has 53 heavy (non-hydrogen) atoms. The Morgan fingerprint density at radius 2 is 1.15 bits per heavy atom. The van der Waals surface area contributed by atoms with Crippen LogP contribution in [0, 0.1) is 13.8 Å². The molecular formula is C27H30I2N4O16S4. The largest absolute Gasteiger partial charge is 0.505 e. The van der Waals surface area contributed by atoms with Crippen molar-refractivity contribution in [3.63, 3.8) is 0 Å². The molecule has 0 spiro atoms. The zero-order valence-electron chi connectivity index (χ0n) is 27.6. The Balaban J connectivity index is 2.04. The Bertz CT molecular complexity index is 2300. The molecule has 0 fully saturated rings. The fraction of sp³-hybridized carbons (Fsp3) is 0.296. The molecule has 0 aliphatic carbocycles. The van der Waals surface area contributed by atoms with Gasteiger partial charge in [0, 0.05) is 16.7 Å². The summed E-state index contributed by atoms with van der Waals surface area (Å²) < 4.78 is 104. The summed E-state index contributed by atoms with van der Waals surface area (Å²) in [6, 6.07) is 6.22. The van der Waals surface area contributed by atoms with Crippen LogP contribution in [-0.4, -0.2) is 94.6 Å². The summed E-state index contributed by atoms with van der Waals surface area (Å²) in [6.07, 6.45) is 0. The van der Waals surface area contributed by atoms with Crippen molar-refractivity contribution in [3.05, 3.63) is 47.0 Å². The number of phenols is 2. The number of aryl methyl sites for hydroxylation is 2. The molecule has 26 heteroatoms. The summed E-state index contributed by atoms with van der Waals surface area (Å²) in [5.74, 6) is -3.95. The van der Waals surface area contributed by atoms with Crippen LogP contribution in [0.25, 0.3) is 0 Å². The predicted molar refractivity (Wildman–Crippen MR) is 206 cm³/mol. The van der Waals surface area contributed by atoms with Crippen LogP contribution in [0.15, 0.2) is 60.6 Å². The van der Waals surface area contributed by atoms with E-state index in [0.29, 0.717) is 5.56 Å². The van der Waals surface area contributed by atoms with Crippen molar-refractivity contribution in [1.82, 2.24) is 0 Å². The molecule has 0 aliphatic rings. The summed E-state index contributed by atoms with van der Waals surface area (Å²) in [6.45, 7) is 1.94.